The third-order valence-corrected chi connectivity index (χ3v) is 2.96. The van der Waals surface area contributed by atoms with Gasteiger partial charge in [0, 0.05) is 12.6 Å². The van der Waals surface area contributed by atoms with Crippen molar-refractivity contribution in [3.8, 4) is 5.75 Å². The first-order chi connectivity index (χ1) is 8.00. The van der Waals surface area contributed by atoms with Crippen LogP contribution in [0.3, 0.4) is 0 Å². The lowest BCUT2D eigenvalue weighted by atomic mass is 10.1. The van der Waals surface area contributed by atoms with Gasteiger partial charge in [-0.3, -0.25) is 0 Å². The summed E-state index contributed by atoms with van der Waals surface area (Å²) in [6, 6.07) is 5.07. The number of ether oxygens (including phenoxy) is 1. The average Bonchev–Trinajstić information content (AvgIpc) is 2.26. The van der Waals surface area contributed by atoms with Crippen LogP contribution in [0.1, 0.15) is 26.3 Å². The quantitative estimate of drug-likeness (QED) is 0.770. The van der Waals surface area contributed by atoms with Crippen molar-refractivity contribution in [2.75, 3.05) is 13.2 Å². The fraction of sp³-hybridized carbons (Fsp3) is 0.571. The van der Waals surface area contributed by atoms with Crippen molar-refractivity contribution in [1.29, 1.82) is 0 Å². The van der Waals surface area contributed by atoms with Gasteiger partial charge in [-0.25, -0.2) is 4.39 Å². The van der Waals surface area contributed by atoms with Crippen LogP contribution < -0.4 is 10.1 Å². The maximum atomic E-state index is 12.9. The molecule has 0 fully saturated rings. The Balaban J connectivity index is 2.31. The van der Waals surface area contributed by atoms with Crippen LogP contribution in [0.15, 0.2) is 18.2 Å². The van der Waals surface area contributed by atoms with E-state index in [4.69, 9.17) is 4.74 Å². The second-order valence-corrected chi connectivity index (χ2v) is 4.75. The Bertz CT molecular complexity index is 352. The number of halogens is 1. The lowest BCUT2D eigenvalue weighted by molar-refractivity contribution is 0.295. The van der Waals surface area contributed by atoms with Crippen LogP contribution in [0.2, 0.25) is 0 Å². The Morgan fingerprint density at radius 1 is 1.29 bits per heavy atom. The van der Waals surface area contributed by atoms with Gasteiger partial charge in [0.2, 0.25) is 0 Å². The summed E-state index contributed by atoms with van der Waals surface area (Å²) in [7, 11) is 0. The van der Waals surface area contributed by atoms with E-state index in [9.17, 15) is 4.39 Å². The normalized spacial score (nSPS) is 12.8. The number of aryl methyl sites for hydroxylation is 1. The first-order valence-electron chi connectivity index (χ1n) is 6.13. The topological polar surface area (TPSA) is 21.3 Å². The highest BCUT2D eigenvalue weighted by Gasteiger charge is 2.05. The molecule has 17 heavy (non-hydrogen) atoms. The van der Waals surface area contributed by atoms with Crippen molar-refractivity contribution in [1.82, 2.24) is 5.32 Å². The van der Waals surface area contributed by atoms with Gasteiger partial charge in [-0.15, -0.1) is 0 Å². The minimum absolute atomic E-state index is 0.221. The van der Waals surface area contributed by atoms with Gasteiger partial charge in [-0.05, 0) is 43.5 Å². The van der Waals surface area contributed by atoms with Gasteiger partial charge in [0.1, 0.15) is 18.2 Å². The zero-order valence-corrected chi connectivity index (χ0v) is 11.1. The lowest BCUT2D eigenvalue weighted by Gasteiger charge is -2.17. The van der Waals surface area contributed by atoms with Crippen molar-refractivity contribution in [3.05, 3.63) is 29.6 Å². The number of nitrogens with one attached hydrogen (secondary N) is 1. The molecule has 1 aromatic carbocycles. The molecular formula is C14H22FNO. The molecular weight excluding hydrogens is 217 g/mol. The van der Waals surface area contributed by atoms with Crippen LogP contribution in [-0.2, 0) is 0 Å². The third kappa shape index (κ3) is 4.73. The Labute approximate surface area is 103 Å². The molecule has 0 aromatic heterocycles. The van der Waals surface area contributed by atoms with Gasteiger partial charge in [0.25, 0.3) is 0 Å². The maximum Gasteiger partial charge on any atom is 0.123 e. The second kappa shape index (κ2) is 6.60. The Hall–Kier alpha value is -1.09. The third-order valence-electron chi connectivity index (χ3n) is 2.96. The predicted octanol–water partition coefficient (Wildman–Crippen LogP) is 3.15. The molecule has 0 saturated heterocycles. The largest absolute Gasteiger partial charge is 0.492 e. The summed E-state index contributed by atoms with van der Waals surface area (Å²) >= 11 is 0. The van der Waals surface area contributed by atoms with Gasteiger partial charge in [-0.1, -0.05) is 13.8 Å². The number of benzene rings is 1. The summed E-state index contributed by atoms with van der Waals surface area (Å²) in [4.78, 5) is 0. The van der Waals surface area contributed by atoms with Crippen molar-refractivity contribution >= 4 is 0 Å². The summed E-state index contributed by atoms with van der Waals surface area (Å²) in [6.07, 6.45) is 0. The monoisotopic (exact) mass is 239 g/mol. The summed E-state index contributed by atoms with van der Waals surface area (Å²) in [5.41, 5.74) is 0.835. The van der Waals surface area contributed by atoms with E-state index in [-0.39, 0.29) is 5.82 Å². The molecule has 1 unspecified atom stereocenters. The van der Waals surface area contributed by atoms with E-state index in [0.29, 0.717) is 18.6 Å². The average molecular weight is 239 g/mol. The first kappa shape index (κ1) is 14.0. The van der Waals surface area contributed by atoms with Crippen LogP contribution in [0, 0.1) is 18.7 Å². The fourth-order valence-corrected chi connectivity index (χ4v) is 1.46. The summed E-state index contributed by atoms with van der Waals surface area (Å²) in [5.74, 6) is 1.15. The molecule has 0 heterocycles. The highest BCUT2D eigenvalue weighted by Crippen LogP contribution is 2.17. The van der Waals surface area contributed by atoms with E-state index in [1.807, 2.05) is 6.92 Å². The molecule has 1 atom stereocenters. The molecule has 0 aliphatic rings. The molecule has 0 aliphatic heterocycles. The molecule has 1 aromatic rings. The minimum atomic E-state index is -0.221. The van der Waals surface area contributed by atoms with Crippen molar-refractivity contribution in [2.24, 2.45) is 5.92 Å². The van der Waals surface area contributed by atoms with Crippen LogP contribution in [-0.4, -0.2) is 19.2 Å². The molecule has 0 saturated carbocycles. The van der Waals surface area contributed by atoms with Crippen LogP contribution in [0.5, 0.6) is 5.75 Å². The highest BCUT2D eigenvalue weighted by atomic mass is 19.1. The highest BCUT2D eigenvalue weighted by molar-refractivity contribution is 5.32. The SMILES string of the molecule is Cc1cc(F)ccc1OCCNC(C)C(C)C. The van der Waals surface area contributed by atoms with Gasteiger partial charge in [-0.2, -0.15) is 0 Å². The number of rotatable bonds is 6. The summed E-state index contributed by atoms with van der Waals surface area (Å²) in [6.45, 7) is 9.78. The molecule has 0 aliphatic carbocycles. The maximum absolute atomic E-state index is 12.9. The summed E-state index contributed by atoms with van der Waals surface area (Å²) < 4.78 is 18.5. The molecule has 0 spiro atoms. The number of hydrogen-bond donors (Lipinski definition) is 1. The van der Waals surface area contributed by atoms with E-state index < -0.39 is 0 Å². The van der Waals surface area contributed by atoms with E-state index >= 15 is 0 Å². The molecule has 1 N–H and O–H groups in total. The molecule has 3 heteroatoms. The van der Waals surface area contributed by atoms with E-state index in [2.05, 4.69) is 26.1 Å². The van der Waals surface area contributed by atoms with Crippen LogP contribution in [0.25, 0.3) is 0 Å². The fourth-order valence-electron chi connectivity index (χ4n) is 1.46. The van der Waals surface area contributed by atoms with Gasteiger partial charge in [0.15, 0.2) is 0 Å². The Morgan fingerprint density at radius 2 is 2.00 bits per heavy atom. The molecule has 0 amide bonds. The molecule has 1 rings (SSSR count). The minimum Gasteiger partial charge on any atom is -0.492 e. The number of hydrogen-bond acceptors (Lipinski definition) is 2. The summed E-state index contributed by atoms with van der Waals surface area (Å²) in [5, 5.41) is 3.38. The van der Waals surface area contributed by atoms with Crippen LogP contribution in [0.4, 0.5) is 4.39 Å². The smallest absolute Gasteiger partial charge is 0.123 e. The van der Waals surface area contributed by atoms with Crippen molar-refractivity contribution in [2.45, 2.75) is 33.7 Å². The Kier molecular flexibility index (Phi) is 5.42. The lowest BCUT2D eigenvalue weighted by Crippen LogP contribution is -2.33. The van der Waals surface area contributed by atoms with Crippen molar-refractivity contribution < 1.29 is 9.13 Å². The van der Waals surface area contributed by atoms with E-state index in [1.165, 1.54) is 12.1 Å². The standard InChI is InChI=1S/C14H22FNO/c1-10(2)12(4)16-7-8-17-14-6-5-13(15)9-11(14)3/h5-6,9-10,12,16H,7-8H2,1-4H3. The Morgan fingerprint density at radius 3 is 2.59 bits per heavy atom. The van der Waals surface area contributed by atoms with E-state index in [1.54, 1.807) is 6.07 Å². The first-order valence-corrected chi connectivity index (χ1v) is 6.13. The van der Waals surface area contributed by atoms with Gasteiger partial charge >= 0.3 is 0 Å². The second-order valence-electron chi connectivity index (χ2n) is 4.75. The van der Waals surface area contributed by atoms with Gasteiger partial charge < -0.3 is 10.1 Å². The zero-order valence-electron chi connectivity index (χ0n) is 11.1. The molecule has 2 nitrogen and oxygen atoms in total. The predicted molar refractivity (Wildman–Crippen MR) is 68.9 cm³/mol. The van der Waals surface area contributed by atoms with Crippen molar-refractivity contribution in [3.63, 3.8) is 0 Å². The van der Waals surface area contributed by atoms with Gasteiger partial charge in [0.05, 0.1) is 0 Å². The van der Waals surface area contributed by atoms with Crippen LogP contribution >= 0.6 is 0 Å². The molecule has 96 valence electrons. The van der Waals surface area contributed by atoms with E-state index in [0.717, 1.165) is 17.9 Å². The molecule has 0 bridgehead atoms. The molecule has 0 radical (unpaired) electrons. The zero-order chi connectivity index (χ0) is 12.8.